The molecule has 0 bridgehead atoms. The maximum Gasteiger partial charge on any atom is 0.303 e. The molecule has 1 heterocycles. The number of ether oxygens (including phenoxy) is 5. The van der Waals surface area contributed by atoms with Crippen LogP contribution in [0.1, 0.15) is 20.8 Å². The number of esters is 3. The third-order valence-electron chi connectivity index (χ3n) is 2.88. The predicted octanol–water partition coefficient (Wildman–Crippen LogP) is -0.173. The van der Waals surface area contributed by atoms with Crippen LogP contribution in [0.3, 0.4) is 0 Å². The molecule has 0 unspecified atom stereocenters. The highest BCUT2D eigenvalue weighted by molar-refractivity contribution is 5.67. The van der Waals surface area contributed by atoms with Crippen LogP contribution in [0.4, 0.5) is 0 Å². The molecule has 0 aromatic carbocycles. The van der Waals surface area contributed by atoms with Crippen LogP contribution < -0.4 is 0 Å². The first-order valence-corrected chi connectivity index (χ1v) is 6.47. The molecule has 1 rings (SSSR count). The van der Waals surface area contributed by atoms with Gasteiger partial charge in [0, 0.05) is 27.9 Å². The molecule has 1 saturated heterocycles. The third kappa shape index (κ3) is 5.31. The molecule has 1 fully saturated rings. The molecule has 21 heavy (non-hydrogen) atoms. The van der Waals surface area contributed by atoms with E-state index in [9.17, 15) is 14.4 Å². The molecule has 0 N–H and O–H groups in total. The van der Waals surface area contributed by atoms with Crippen molar-refractivity contribution in [1.82, 2.24) is 0 Å². The van der Waals surface area contributed by atoms with Crippen LogP contribution in [-0.2, 0) is 38.1 Å². The Morgan fingerprint density at radius 1 is 1.10 bits per heavy atom. The van der Waals surface area contributed by atoms with Crippen LogP contribution >= 0.6 is 0 Å². The minimum atomic E-state index is -0.813. The van der Waals surface area contributed by atoms with Gasteiger partial charge in [0.15, 0.2) is 12.2 Å². The number of rotatable bonds is 6. The molecule has 8 heteroatoms. The molecule has 4 atom stereocenters. The number of hydrogen-bond donors (Lipinski definition) is 0. The van der Waals surface area contributed by atoms with Crippen molar-refractivity contribution >= 4 is 17.9 Å². The molecule has 1 aliphatic rings. The number of carbonyl (C=O) groups excluding carboxylic acids is 3. The van der Waals surface area contributed by atoms with E-state index in [4.69, 9.17) is 23.7 Å². The zero-order valence-corrected chi connectivity index (χ0v) is 12.5. The first-order chi connectivity index (χ1) is 9.85. The molecular weight excluding hydrogens is 284 g/mol. The lowest BCUT2D eigenvalue weighted by Gasteiger charge is -2.27. The minimum Gasteiger partial charge on any atom is -0.463 e. The topological polar surface area (TPSA) is 97.4 Å². The molecule has 0 saturated carbocycles. The van der Waals surface area contributed by atoms with Gasteiger partial charge in [-0.15, -0.1) is 0 Å². The summed E-state index contributed by atoms with van der Waals surface area (Å²) in [7, 11) is 1.42. The van der Waals surface area contributed by atoms with Crippen molar-refractivity contribution in [1.29, 1.82) is 0 Å². The summed E-state index contributed by atoms with van der Waals surface area (Å²) in [5.41, 5.74) is 0. The average molecular weight is 304 g/mol. The zero-order valence-electron chi connectivity index (χ0n) is 12.5. The van der Waals surface area contributed by atoms with Gasteiger partial charge in [0.2, 0.25) is 0 Å². The van der Waals surface area contributed by atoms with E-state index in [1.165, 1.54) is 27.9 Å². The Labute approximate surface area is 122 Å². The summed E-state index contributed by atoms with van der Waals surface area (Å²) in [4.78, 5) is 33.2. The van der Waals surface area contributed by atoms with E-state index in [1.807, 2.05) is 0 Å². The summed E-state index contributed by atoms with van der Waals surface area (Å²) in [6.45, 7) is 3.79. The Morgan fingerprint density at radius 2 is 1.71 bits per heavy atom. The fourth-order valence-electron chi connectivity index (χ4n) is 2.07. The van der Waals surface area contributed by atoms with Gasteiger partial charge in [0.05, 0.1) is 6.61 Å². The highest BCUT2D eigenvalue weighted by Crippen LogP contribution is 2.25. The first kappa shape index (κ1) is 17.4. The Balaban J connectivity index is 2.78. The van der Waals surface area contributed by atoms with Gasteiger partial charge in [-0.25, -0.2) is 0 Å². The van der Waals surface area contributed by atoms with E-state index in [1.54, 1.807) is 0 Å². The van der Waals surface area contributed by atoms with Gasteiger partial charge in [-0.1, -0.05) is 0 Å². The SMILES string of the molecule is CO[C@@H](COC(C)=O)[C@H]1OC[C@@H](OC(C)=O)[C@@H]1OC(C)=O. The van der Waals surface area contributed by atoms with Gasteiger partial charge >= 0.3 is 17.9 Å². The van der Waals surface area contributed by atoms with Crippen molar-refractivity contribution in [3.05, 3.63) is 0 Å². The molecule has 8 nitrogen and oxygen atoms in total. The highest BCUT2D eigenvalue weighted by Gasteiger charge is 2.46. The molecule has 0 amide bonds. The fraction of sp³-hybridized carbons (Fsp3) is 0.769. The molecule has 0 aromatic heterocycles. The largest absolute Gasteiger partial charge is 0.463 e. The van der Waals surface area contributed by atoms with Crippen molar-refractivity contribution in [2.24, 2.45) is 0 Å². The first-order valence-electron chi connectivity index (χ1n) is 6.47. The van der Waals surface area contributed by atoms with Crippen molar-refractivity contribution in [3.63, 3.8) is 0 Å². The smallest absolute Gasteiger partial charge is 0.303 e. The Kier molecular flexibility index (Phi) is 6.57. The second-order valence-electron chi connectivity index (χ2n) is 4.60. The van der Waals surface area contributed by atoms with Crippen molar-refractivity contribution in [2.45, 2.75) is 45.2 Å². The summed E-state index contributed by atoms with van der Waals surface area (Å²) in [5.74, 6) is -1.50. The van der Waals surface area contributed by atoms with E-state index in [0.717, 1.165) is 0 Å². The third-order valence-corrected chi connectivity index (χ3v) is 2.88. The lowest BCUT2D eigenvalue weighted by atomic mass is 10.1. The average Bonchev–Trinajstić information content (AvgIpc) is 2.72. The summed E-state index contributed by atoms with van der Waals surface area (Å²) >= 11 is 0. The zero-order chi connectivity index (χ0) is 16.0. The van der Waals surface area contributed by atoms with Crippen molar-refractivity contribution < 1.29 is 38.1 Å². The van der Waals surface area contributed by atoms with Crippen LogP contribution in [-0.4, -0.2) is 62.6 Å². The van der Waals surface area contributed by atoms with Gasteiger partial charge in [-0.05, 0) is 0 Å². The number of carbonyl (C=O) groups is 3. The summed E-state index contributed by atoms with van der Waals surface area (Å²) in [6, 6.07) is 0. The van der Waals surface area contributed by atoms with E-state index < -0.39 is 42.3 Å². The maximum atomic E-state index is 11.2. The number of hydrogen-bond acceptors (Lipinski definition) is 8. The molecule has 0 aliphatic carbocycles. The Morgan fingerprint density at radius 3 is 2.19 bits per heavy atom. The molecular formula is C13H20O8. The second kappa shape index (κ2) is 7.94. The van der Waals surface area contributed by atoms with Gasteiger partial charge < -0.3 is 23.7 Å². The van der Waals surface area contributed by atoms with Crippen LogP contribution in [0.15, 0.2) is 0 Å². The molecule has 0 spiro atoms. The predicted molar refractivity (Wildman–Crippen MR) is 68.3 cm³/mol. The standard InChI is InChI=1S/C13H20O8/c1-7(14)18-5-10(17-4)12-13(21-9(3)16)11(6-19-12)20-8(2)15/h10-13H,5-6H2,1-4H3/t10-,11+,12+,13-/m0/s1. The van der Waals surface area contributed by atoms with Crippen LogP contribution in [0.25, 0.3) is 0 Å². The molecule has 0 aromatic rings. The van der Waals surface area contributed by atoms with E-state index in [2.05, 4.69) is 0 Å². The Hall–Kier alpha value is -1.67. The summed E-state index contributed by atoms with van der Waals surface area (Å²) in [5, 5.41) is 0. The van der Waals surface area contributed by atoms with Crippen molar-refractivity contribution in [2.75, 3.05) is 20.3 Å². The van der Waals surface area contributed by atoms with Gasteiger partial charge in [-0.2, -0.15) is 0 Å². The van der Waals surface area contributed by atoms with Gasteiger partial charge in [0.25, 0.3) is 0 Å². The fourth-order valence-corrected chi connectivity index (χ4v) is 2.07. The monoisotopic (exact) mass is 304 g/mol. The lowest BCUT2D eigenvalue weighted by Crippen LogP contribution is -2.45. The van der Waals surface area contributed by atoms with E-state index in [-0.39, 0.29) is 13.2 Å². The van der Waals surface area contributed by atoms with E-state index >= 15 is 0 Å². The van der Waals surface area contributed by atoms with E-state index in [0.29, 0.717) is 0 Å². The number of methoxy groups -OCH3 is 1. The van der Waals surface area contributed by atoms with Crippen LogP contribution in [0.2, 0.25) is 0 Å². The summed E-state index contributed by atoms with van der Waals surface area (Å²) < 4.78 is 25.8. The quantitative estimate of drug-likeness (QED) is 0.492. The van der Waals surface area contributed by atoms with Crippen molar-refractivity contribution in [3.8, 4) is 0 Å². The lowest BCUT2D eigenvalue weighted by molar-refractivity contribution is -0.169. The normalized spacial score (nSPS) is 26.0. The minimum absolute atomic E-state index is 0.0545. The highest BCUT2D eigenvalue weighted by atomic mass is 16.6. The van der Waals surface area contributed by atoms with Crippen LogP contribution in [0, 0.1) is 0 Å². The van der Waals surface area contributed by atoms with Gasteiger partial charge in [-0.3, -0.25) is 14.4 Å². The maximum absolute atomic E-state index is 11.2. The second-order valence-corrected chi connectivity index (χ2v) is 4.60. The summed E-state index contributed by atoms with van der Waals surface area (Å²) in [6.07, 6.45) is -2.86. The van der Waals surface area contributed by atoms with Gasteiger partial charge in [0.1, 0.15) is 18.8 Å². The molecule has 120 valence electrons. The Bertz CT molecular complexity index is 394. The molecule has 1 aliphatic heterocycles. The van der Waals surface area contributed by atoms with Crippen LogP contribution in [0.5, 0.6) is 0 Å². The molecule has 0 radical (unpaired) electrons.